The van der Waals surface area contributed by atoms with Gasteiger partial charge in [0, 0.05) is 19.1 Å². The van der Waals surface area contributed by atoms with Crippen LogP contribution in [0.1, 0.15) is 6.42 Å². The van der Waals surface area contributed by atoms with Crippen LogP contribution in [0.2, 0.25) is 0 Å². The highest BCUT2D eigenvalue weighted by atomic mass is 15.3. The van der Waals surface area contributed by atoms with Gasteiger partial charge in [0.05, 0.1) is 6.33 Å². The lowest BCUT2D eigenvalue weighted by atomic mass is 10.2. The third-order valence-electron chi connectivity index (χ3n) is 3.48. The zero-order valence-electron chi connectivity index (χ0n) is 10.6. The van der Waals surface area contributed by atoms with E-state index in [1.54, 1.807) is 6.33 Å². The minimum Gasteiger partial charge on any atom is -0.382 e. The number of aromatic amines is 1. The van der Waals surface area contributed by atoms with Gasteiger partial charge in [0.25, 0.3) is 0 Å². The molecule has 1 aliphatic heterocycles. The maximum atomic E-state index is 5.90. The number of fused-ring (bicyclic) bond motifs is 1. The van der Waals surface area contributed by atoms with Crippen LogP contribution in [0, 0.1) is 0 Å². The molecule has 3 heterocycles. The molecule has 0 amide bonds. The molecule has 3 rings (SSSR count). The van der Waals surface area contributed by atoms with E-state index in [-0.39, 0.29) is 0 Å². The lowest BCUT2D eigenvalue weighted by Crippen LogP contribution is -2.32. The minimum absolute atomic E-state index is 0.459. The Morgan fingerprint density at radius 2 is 2.28 bits per heavy atom. The Bertz CT molecular complexity index is 562. The first-order valence-corrected chi connectivity index (χ1v) is 6.03. The van der Waals surface area contributed by atoms with Crippen molar-refractivity contribution in [3.8, 4) is 0 Å². The third-order valence-corrected chi connectivity index (χ3v) is 3.48. The highest BCUT2D eigenvalue weighted by molar-refractivity contribution is 5.82. The van der Waals surface area contributed by atoms with Gasteiger partial charge in [0.2, 0.25) is 5.95 Å². The summed E-state index contributed by atoms with van der Waals surface area (Å²) in [6.07, 6.45) is 2.71. The first kappa shape index (κ1) is 11.2. The van der Waals surface area contributed by atoms with Crippen molar-refractivity contribution in [2.24, 2.45) is 0 Å². The summed E-state index contributed by atoms with van der Waals surface area (Å²) < 4.78 is 0. The number of nitrogens with two attached hydrogens (primary N) is 1. The molecule has 1 atom stereocenters. The van der Waals surface area contributed by atoms with E-state index < -0.39 is 0 Å². The van der Waals surface area contributed by atoms with Crippen LogP contribution < -0.4 is 10.6 Å². The molecule has 0 aromatic carbocycles. The van der Waals surface area contributed by atoms with Crippen molar-refractivity contribution < 1.29 is 0 Å². The molecule has 7 heteroatoms. The van der Waals surface area contributed by atoms with Crippen LogP contribution in [0.5, 0.6) is 0 Å². The van der Waals surface area contributed by atoms with Crippen LogP contribution in [0.3, 0.4) is 0 Å². The molecule has 0 unspecified atom stereocenters. The zero-order valence-corrected chi connectivity index (χ0v) is 10.6. The number of likely N-dealkylation sites (N-methyl/N-ethyl adjacent to an activating group) is 1. The summed E-state index contributed by atoms with van der Waals surface area (Å²) in [6, 6.07) is 0.546. The maximum Gasteiger partial charge on any atom is 0.229 e. The van der Waals surface area contributed by atoms with Crippen molar-refractivity contribution >= 4 is 22.9 Å². The second kappa shape index (κ2) is 4.09. The van der Waals surface area contributed by atoms with Gasteiger partial charge < -0.3 is 20.5 Å². The molecule has 1 aliphatic rings. The molecule has 1 fully saturated rings. The monoisotopic (exact) mass is 247 g/mol. The van der Waals surface area contributed by atoms with Crippen LogP contribution >= 0.6 is 0 Å². The van der Waals surface area contributed by atoms with E-state index >= 15 is 0 Å². The highest BCUT2D eigenvalue weighted by Crippen LogP contribution is 2.22. The fourth-order valence-electron chi connectivity index (χ4n) is 2.33. The van der Waals surface area contributed by atoms with E-state index in [1.165, 1.54) is 0 Å². The van der Waals surface area contributed by atoms with Gasteiger partial charge in [0.15, 0.2) is 11.5 Å². The molecule has 0 aliphatic carbocycles. The number of nitrogen functional groups attached to an aromatic ring is 1. The Kier molecular flexibility index (Phi) is 2.55. The van der Waals surface area contributed by atoms with Crippen molar-refractivity contribution in [3.05, 3.63) is 6.33 Å². The molecule has 2 aromatic heterocycles. The van der Waals surface area contributed by atoms with E-state index in [0.717, 1.165) is 19.5 Å². The second-order valence-electron chi connectivity index (χ2n) is 4.86. The molecule has 3 N–H and O–H groups in total. The van der Waals surface area contributed by atoms with Gasteiger partial charge in [-0.15, -0.1) is 0 Å². The van der Waals surface area contributed by atoms with Crippen LogP contribution in [0.4, 0.5) is 11.8 Å². The molecule has 0 bridgehead atoms. The molecule has 7 nitrogen and oxygen atoms in total. The van der Waals surface area contributed by atoms with Gasteiger partial charge in [-0.05, 0) is 20.5 Å². The molecule has 0 saturated carbocycles. The number of imidazole rings is 1. The quantitative estimate of drug-likeness (QED) is 0.781. The molecular weight excluding hydrogens is 230 g/mol. The number of hydrogen-bond acceptors (Lipinski definition) is 6. The Labute approximate surface area is 105 Å². The summed E-state index contributed by atoms with van der Waals surface area (Å²) in [5.74, 6) is 1.14. The summed E-state index contributed by atoms with van der Waals surface area (Å²) in [7, 11) is 4.20. The van der Waals surface area contributed by atoms with E-state index in [0.29, 0.717) is 29.0 Å². The number of H-pyrrole nitrogens is 1. The zero-order chi connectivity index (χ0) is 12.7. The topological polar surface area (TPSA) is 87.0 Å². The number of rotatable bonds is 2. The van der Waals surface area contributed by atoms with Gasteiger partial charge in [-0.1, -0.05) is 0 Å². The summed E-state index contributed by atoms with van der Waals surface area (Å²) in [5.41, 5.74) is 7.24. The van der Waals surface area contributed by atoms with Crippen molar-refractivity contribution in [2.75, 3.05) is 37.8 Å². The highest BCUT2D eigenvalue weighted by Gasteiger charge is 2.26. The van der Waals surface area contributed by atoms with Gasteiger partial charge in [-0.3, -0.25) is 0 Å². The molecular formula is C11H17N7. The average molecular weight is 247 g/mol. The lowest BCUT2D eigenvalue weighted by Gasteiger charge is -2.20. The Morgan fingerprint density at radius 3 is 3.00 bits per heavy atom. The Balaban J connectivity index is 1.91. The summed E-state index contributed by atoms with van der Waals surface area (Å²) in [4.78, 5) is 20.3. The molecule has 96 valence electrons. The second-order valence-corrected chi connectivity index (χ2v) is 4.86. The van der Waals surface area contributed by atoms with Gasteiger partial charge in [0.1, 0.15) is 5.52 Å². The lowest BCUT2D eigenvalue weighted by molar-refractivity contribution is 0.315. The Hall–Kier alpha value is -1.89. The SMILES string of the molecule is CN(C)[C@@H]1CCN(c2nc(N)c3[nH]cnc3n2)C1. The minimum atomic E-state index is 0.459. The number of aromatic nitrogens is 4. The van der Waals surface area contributed by atoms with Crippen molar-refractivity contribution in [1.82, 2.24) is 24.8 Å². The van der Waals surface area contributed by atoms with Gasteiger partial charge in [-0.25, -0.2) is 4.98 Å². The van der Waals surface area contributed by atoms with E-state index in [1.807, 2.05) is 0 Å². The van der Waals surface area contributed by atoms with E-state index in [9.17, 15) is 0 Å². The molecule has 18 heavy (non-hydrogen) atoms. The van der Waals surface area contributed by atoms with Crippen molar-refractivity contribution in [1.29, 1.82) is 0 Å². The number of nitrogens with zero attached hydrogens (tertiary/aromatic N) is 5. The van der Waals surface area contributed by atoms with Gasteiger partial charge in [-0.2, -0.15) is 9.97 Å². The smallest absolute Gasteiger partial charge is 0.229 e. The molecule has 0 radical (unpaired) electrons. The predicted octanol–water partition coefficient (Wildman–Crippen LogP) is 0.0754. The van der Waals surface area contributed by atoms with Crippen molar-refractivity contribution in [2.45, 2.75) is 12.5 Å². The first-order chi connectivity index (χ1) is 8.65. The van der Waals surface area contributed by atoms with Gasteiger partial charge >= 0.3 is 0 Å². The largest absolute Gasteiger partial charge is 0.382 e. The summed E-state index contributed by atoms with van der Waals surface area (Å²) in [5, 5.41) is 0. The van der Waals surface area contributed by atoms with E-state index in [2.05, 4.69) is 43.8 Å². The summed E-state index contributed by atoms with van der Waals surface area (Å²) >= 11 is 0. The van der Waals surface area contributed by atoms with Crippen LogP contribution in [-0.4, -0.2) is 58.1 Å². The fraction of sp³-hybridized carbons (Fsp3) is 0.545. The van der Waals surface area contributed by atoms with Crippen LogP contribution in [0.15, 0.2) is 6.33 Å². The predicted molar refractivity (Wildman–Crippen MR) is 70.4 cm³/mol. The normalized spacial score (nSPS) is 20.2. The number of nitrogens with one attached hydrogen (secondary N) is 1. The number of hydrogen-bond donors (Lipinski definition) is 2. The Morgan fingerprint density at radius 1 is 1.44 bits per heavy atom. The standard InChI is InChI=1S/C11H17N7/c1-17(2)7-3-4-18(5-7)11-15-9(12)8-10(16-11)14-6-13-8/h6-7H,3-5H2,1-2H3,(H3,12,13,14,15,16)/t7-/m1/s1. The van der Waals surface area contributed by atoms with Crippen LogP contribution in [-0.2, 0) is 0 Å². The average Bonchev–Trinajstić information content (AvgIpc) is 2.97. The molecule has 2 aromatic rings. The summed E-state index contributed by atoms with van der Waals surface area (Å²) in [6.45, 7) is 1.89. The van der Waals surface area contributed by atoms with Crippen molar-refractivity contribution in [3.63, 3.8) is 0 Å². The molecule has 0 spiro atoms. The van der Waals surface area contributed by atoms with Crippen LogP contribution in [0.25, 0.3) is 11.2 Å². The third kappa shape index (κ3) is 1.76. The first-order valence-electron chi connectivity index (χ1n) is 6.03. The fourth-order valence-corrected chi connectivity index (χ4v) is 2.33. The molecule has 1 saturated heterocycles. The number of anilines is 2. The maximum absolute atomic E-state index is 5.90. The van der Waals surface area contributed by atoms with E-state index in [4.69, 9.17) is 5.73 Å².